The fourth-order valence-corrected chi connectivity index (χ4v) is 2.67. The molecule has 0 bridgehead atoms. The number of fused-ring (bicyclic) bond motifs is 1. The van der Waals surface area contributed by atoms with Gasteiger partial charge in [0, 0.05) is 6.08 Å². The van der Waals surface area contributed by atoms with Gasteiger partial charge in [0.05, 0.1) is 6.61 Å². The Hall–Kier alpha value is -1.36. The van der Waals surface area contributed by atoms with Crippen molar-refractivity contribution in [2.75, 3.05) is 6.61 Å². The van der Waals surface area contributed by atoms with E-state index in [1.807, 2.05) is 0 Å². The van der Waals surface area contributed by atoms with E-state index in [-0.39, 0.29) is 12.5 Å². The van der Waals surface area contributed by atoms with Crippen LogP contribution in [0.1, 0.15) is 32.6 Å². The average molecular weight is 239 g/mol. The Morgan fingerprint density at radius 2 is 2.24 bits per heavy atom. The molecule has 0 aromatic carbocycles. The molecule has 2 N–H and O–H groups in total. The van der Waals surface area contributed by atoms with Crippen molar-refractivity contribution in [2.45, 2.75) is 38.3 Å². The van der Waals surface area contributed by atoms with Gasteiger partial charge in [-0.05, 0) is 26.2 Å². The lowest BCUT2D eigenvalue weighted by atomic mass is 9.66. The lowest BCUT2D eigenvalue weighted by molar-refractivity contribution is -0.183. The van der Waals surface area contributed by atoms with Gasteiger partial charge in [0.2, 0.25) is 5.91 Å². The maximum absolute atomic E-state index is 12.1. The van der Waals surface area contributed by atoms with E-state index in [0.717, 1.165) is 12.8 Å². The van der Waals surface area contributed by atoms with Crippen LogP contribution < -0.4 is 5.32 Å². The first-order valence-electron chi connectivity index (χ1n) is 5.95. The number of carbonyl (C=O) groups excluding carboxylic acids is 2. The van der Waals surface area contributed by atoms with Gasteiger partial charge in [-0.2, -0.15) is 0 Å². The summed E-state index contributed by atoms with van der Waals surface area (Å²) in [4.78, 5) is 23.4. The Labute approximate surface area is 99.8 Å². The molecule has 0 spiro atoms. The molecule has 1 aliphatic heterocycles. The predicted octanol–water partition coefficient (Wildman–Crippen LogP) is 0.484. The Balaban J connectivity index is 2.40. The summed E-state index contributed by atoms with van der Waals surface area (Å²) < 4.78 is 5.04. The molecule has 5 nitrogen and oxygen atoms in total. The maximum Gasteiger partial charge on any atom is 0.320 e. The Morgan fingerprint density at radius 1 is 1.53 bits per heavy atom. The van der Waals surface area contributed by atoms with Crippen LogP contribution in [0.5, 0.6) is 0 Å². The first kappa shape index (κ1) is 12.1. The molecule has 17 heavy (non-hydrogen) atoms. The Bertz CT molecular complexity index is 379. The van der Waals surface area contributed by atoms with Gasteiger partial charge in [-0.1, -0.05) is 12.5 Å². The second kappa shape index (κ2) is 4.14. The first-order valence-corrected chi connectivity index (χ1v) is 5.95. The summed E-state index contributed by atoms with van der Waals surface area (Å²) in [7, 11) is 0. The standard InChI is InChI=1S/C12H17NO4/c1-2-17-10(15)11-6-3-4-7-12(11,16)13-9(14)5-8-11/h5,8,16H,2-4,6-7H2,1H3,(H,13,14)/t11-,12-/m1/s1. The number of hydrogen-bond acceptors (Lipinski definition) is 4. The third-order valence-electron chi connectivity index (χ3n) is 3.59. The van der Waals surface area contributed by atoms with Crippen molar-refractivity contribution in [3.63, 3.8) is 0 Å². The van der Waals surface area contributed by atoms with Gasteiger partial charge in [-0.25, -0.2) is 0 Å². The third-order valence-corrected chi connectivity index (χ3v) is 3.59. The van der Waals surface area contributed by atoms with Crippen LogP contribution in [0, 0.1) is 5.41 Å². The summed E-state index contributed by atoms with van der Waals surface area (Å²) in [6, 6.07) is 0. The second-order valence-electron chi connectivity index (χ2n) is 4.58. The molecule has 2 aliphatic rings. The number of carbonyl (C=O) groups is 2. The van der Waals surface area contributed by atoms with Crippen molar-refractivity contribution in [3.05, 3.63) is 12.2 Å². The van der Waals surface area contributed by atoms with Crippen LogP contribution in [0.4, 0.5) is 0 Å². The molecule has 1 aliphatic carbocycles. The molecule has 1 saturated carbocycles. The number of rotatable bonds is 2. The highest BCUT2D eigenvalue weighted by Gasteiger charge is 2.58. The zero-order valence-corrected chi connectivity index (χ0v) is 9.86. The minimum Gasteiger partial charge on any atom is -0.465 e. The summed E-state index contributed by atoms with van der Waals surface area (Å²) in [5, 5.41) is 13.0. The Morgan fingerprint density at radius 3 is 2.94 bits per heavy atom. The van der Waals surface area contributed by atoms with E-state index in [1.54, 1.807) is 6.92 Å². The van der Waals surface area contributed by atoms with Gasteiger partial charge < -0.3 is 15.2 Å². The van der Waals surface area contributed by atoms with Gasteiger partial charge >= 0.3 is 5.97 Å². The van der Waals surface area contributed by atoms with E-state index < -0.39 is 17.1 Å². The van der Waals surface area contributed by atoms with Crippen molar-refractivity contribution < 1.29 is 19.4 Å². The molecule has 1 fully saturated rings. The third kappa shape index (κ3) is 1.74. The van der Waals surface area contributed by atoms with Crippen LogP contribution in [0.15, 0.2) is 12.2 Å². The molecule has 1 amide bonds. The molecule has 0 saturated heterocycles. The summed E-state index contributed by atoms with van der Waals surface area (Å²) in [5.74, 6) is -0.826. The highest BCUT2D eigenvalue weighted by Crippen LogP contribution is 2.46. The fraction of sp³-hybridized carbons (Fsp3) is 0.667. The molecular formula is C12H17NO4. The molecule has 2 rings (SSSR count). The van der Waals surface area contributed by atoms with Crippen LogP contribution in [0.2, 0.25) is 0 Å². The van der Waals surface area contributed by atoms with Gasteiger partial charge in [0.15, 0.2) is 5.72 Å². The van der Waals surface area contributed by atoms with Crippen LogP contribution in [0.25, 0.3) is 0 Å². The zero-order chi connectivity index (χ0) is 12.5. The molecule has 5 heteroatoms. The number of esters is 1. The van der Waals surface area contributed by atoms with Crippen molar-refractivity contribution in [3.8, 4) is 0 Å². The number of ether oxygens (including phenoxy) is 1. The number of amides is 1. The molecule has 0 aromatic heterocycles. The normalized spacial score (nSPS) is 36.0. The van der Waals surface area contributed by atoms with Crippen molar-refractivity contribution in [2.24, 2.45) is 5.41 Å². The molecule has 0 aromatic rings. The number of hydrogen-bond donors (Lipinski definition) is 2. The summed E-state index contributed by atoms with van der Waals surface area (Å²) in [5.41, 5.74) is -2.61. The number of nitrogens with one attached hydrogen (secondary N) is 1. The van der Waals surface area contributed by atoms with E-state index in [0.29, 0.717) is 12.8 Å². The molecular weight excluding hydrogens is 222 g/mol. The quantitative estimate of drug-likeness (QED) is 0.687. The predicted molar refractivity (Wildman–Crippen MR) is 59.8 cm³/mol. The Kier molecular flexibility index (Phi) is 2.95. The van der Waals surface area contributed by atoms with Gasteiger partial charge in [0.25, 0.3) is 0 Å². The first-order chi connectivity index (χ1) is 8.04. The van der Waals surface area contributed by atoms with Crippen LogP contribution in [-0.4, -0.2) is 29.3 Å². The minimum absolute atomic E-state index is 0.262. The average Bonchev–Trinajstić information content (AvgIpc) is 2.28. The minimum atomic E-state index is -1.50. The lowest BCUT2D eigenvalue weighted by Crippen LogP contribution is -2.66. The fourth-order valence-electron chi connectivity index (χ4n) is 2.67. The molecule has 0 unspecified atom stereocenters. The molecule has 94 valence electrons. The van der Waals surface area contributed by atoms with Gasteiger partial charge in [-0.3, -0.25) is 9.59 Å². The summed E-state index contributed by atoms with van der Waals surface area (Å²) in [6.07, 6.45) is 5.30. The van der Waals surface area contributed by atoms with E-state index in [4.69, 9.17) is 4.74 Å². The smallest absolute Gasteiger partial charge is 0.320 e. The molecule has 1 heterocycles. The largest absolute Gasteiger partial charge is 0.465 e. The van der Waals surface area contributed by atoms with Crippen LogP contribution in [-0.2, 0) is 14.3 Å². The number of aliphatic hydroxyl groups is 1. The van der Waals surface area contributed by atoms with E-state index in [9.17, 15) is 14.7 Å². The lowest BCUT2D eigenvalue weighted by Gasteiger charge is -2.48. The van der Waals surface area contributed by atoms with E-state index in [1.165, 1.54) is 12.2 Å². The highest BCUT2D eigenvalue weighted by atomic mass is 16.5. The summed E-state index contributed by atoms with van der Waals surface area (Å²) >= 11 is 0. The highest BCUT2D eigenvalue weighted by molar-refractivity contribution is 5.93. The van der Waals surface area contributed by atoms with E-state index in [2.05, 4.69) is 5.32 Å². The SMILES string of the molecule is CCOC(=O)[C@@]12C=CC(=O)N[C@@]1(O)CCCC2. The monoisotopic (exact) mass is 239 g/mol. The topological polar surface area (TPSA) is 75.6 Å². The van der Waals surface area contributed by atoms with Gasteiger partial charge in [0.1, 0.15) is 5.41 Å². The molecule has 0 radical (unpaired) electrons. The van der Waals surface area contributed by atoms with Crippen LogP contribution in [0.3, 0.4) is 0 Å². The maximum atomic E-state index is 12.1. The molecule has 2 atom stereocenters. The zero-order valence-electron chi connectivity index (χ0n) is 9.86. The van der Waals surface area contributed by atoms with Crippen molar-refractivity contribution in [1.29, 1.82) is 0 Å². The van der Waals surface area contributed by atoms with E-state index >= 15 is 0 Å². The van der Waals surface area contributed by atoms with Gasteiger partial charge in [-0.15, -0.1) is 0 Å². The summed E-state index contributed by atoms with van der Waals surface area (Å²) in [6.45, 7) is 1.99. The van der Waals surface area contributed by atoms with Crippen molar-refractivity contribution in [1.82, 2.24) is 5.32 Å². The van der Waals surface area contributed by atoms with Crippen LogP contribution >= 0.6 is 0 Å². The van der Waals surface area contributed by atoms with Crippen molar-refractivity contribution >= 4 is 11.9 Å². The second-order valence-corrected chi connectivity index (χ2v) is 4.58.